The quantitative estimate of drug-likeness (QED) is 0.744. The van der Waals surface area contributed by atoms with E-state index in [1.54, 1.807) is 6.20 Å². The predicted molar refractivity (Wildman–Crippen MR) is 65.4 cm³/mol. The van der Waals surface area contributed by atoms with Crippen molar-refractivity contribution in [2.45, 2.75) is 19.8 Å². The Morgan fingerprint density at radius 2 is 2.13 bits per heavy atom. The fourth-order valence-electron chi connectivity index (χ4n) is 1.78. The van der Waals surface area contributed by atoms with E-state index in [0.29, 0.717) is 5.28 Å². The van der Waals surface area contributed by atoms with Crippen molar-refractivity contribution in [2.24, 2.45) is 5.92 Å². The van der Waals surface area contributed by atoms with Crippen LogP contribution in [0.3, 0.4) is 0 Å². The molecule has 0 aliphatic carbocycles. The number of anilines is 1. The zero-order valence-corrected chi connectivity index (χ0v) is 10.9. The third kappa shape index (κ3) is 2.61. The van der Waals surface area contributed by atoms with Gasteiger partial charge in [-0.3, -0.25) is 0 Å². The summed E-state index contributed by atoms with van der Waals surface area (Å²) in [6.07, 6.45) is 4.14. The van der Waals surface area contributed by atoms with Crippen molar-refractivity contribution in [3.05, 3.63) is 16.0 Å². The Labute approximate surface area is 103 Å². The summed E-state index contributed by atoms with van der Waals surface area (Å²) < 4.78 is 0.918. The van der Waals surface area contributed by atoms with Crippen LogP contribution in [0.2, 0.25) is 5.28 Å². The van der Waals surface area contributed by atoms with E-state index < -0.39 is 0 Å². The number of aromatic nitrogens is 2. The van der Waals surface area contributed by atoms with E-state index in [1.807, 2.05) is 0 Å². The Morgan fingerprint density at radius 1 is 1.47 bits per heavy atom. The van der Waals surface area contributed by atoms with Crippen molar-refractivity contribution in [1.82, 2.24) is 9.97 Å². The van der Waals surface area contributed by atoms with Crippen molar-refractivity contribution in [1.29, 1.82) is 0 Å². The lowest BCUT2D eigenvalue weighted by Crippen LogP contribution is -2.33. The third-order valence-electron chi connectivity index (χ3n) is 2.78. The fourth-order valence-corrected chi connectivity index (χ4v) is 2.35. The molecule has 0 atom stereocenters. The highest BCUT2D eigenvalue weighted by Crippen LogP contribution is 2.28. The number of rotatable bonds is 1. The monoisotopic (exact) mass is 289 g/mol. The summed E-state index contributed by atoms with van der Waals surface area (Å²) >= 11 is 9.25. The summed E-state index contributed by atoms with van der Waals surface area (Å²) in [4.78, 5) is 10.4. The minimum absolute atomic E-state index is 0.312. The van der Waals surface area contributed by atoms with Crippen LogP contribution in [-0.2, 0) is 0 Å². The number of hydrogen-bond donors (Lipinski definition) is 0. The lowest BCUT2D eigenvalue weighted by atomic mass is 9.99. The van der Waals surface area contributed by atoms with E-state index in [-0.39, 0.29) is 0 Å². The molecular weight excluding hydrogens is 277 g/mol. The van der Waals surface area contributed by atoms with Crippen molar-refractivity contribution < 1.29 is 0 Å². The molecule has 0 spiro atoms. The van der Waals surface area contributed by atoms with Gasteiger partial charge in [0.15, 0.2) is 0 Å². The van der Waals surface area contributed by atoms with Crippen LogP contribution in [0.25, 0.3) is 0 Å². The molecule has 3 nitrogen and oxygen atoms in total. The van der Waals surface area contributed by atoms with Gasteiger partial charge in [0, 0.05) is 19.3 Å². The molecule has 2 rings (SSSR count). The SMILES string of the molecule is CC1CCN(c2nc(Cl)ncc2Br)CC1. The van der Waals surface area contributed by atoms with Gasteiger partial charge in [-0.1, -0.05) is 6.92 Å². The second kappa shape index (κ2) is 4.66. The van der Waals surface area contributed by atoms with E-state index in [4.69, 9.17) is 11.6 Å². The minimum atomic E-state index is 0.312. The molecule has 0 amide bonds. The molecule has 15 heavy (non-hydrogen) atoms. The molecule has 0 N–H and O–H groups in total. The van der Waals surface area contributed by atoms with Gasteiger partial charge in [0.2, 0.25) is 5.28 Å². The standard InChI is InChI=1S/C10H13BrClN3/c1-7-2-4-15(5-3-7)9-8(11)6-13-10(12)14-9/h6-7H,2-5H2,1H3. The highest BCUT2D eigenvalue weighted by Gasteiger charge is 2.19. The van der Waals surface area contributed by atoms with E-state index in [1.165, 1.54) is 12.8 Å². The molecule has 1 saturated heterocycles. The summed E-state index contributed by atoms with van der Waals surface area (Å²) in [5, 5.41) is 0.312. The molecule has 1 aliphatic heterocycles. The highest BCUT2D eigenvalue weighted by molar-refractivity contribution is 9.10. The summed E-state index contributed by atoms with van der Waals surface area (Å²) in [5.41, 5.74) is 0. The third-order valence-corrected chi connectivity index (χ3v) is 3.52. The number of halogens is 2. The van der Waals surface area contributed by atoms with Gasteiger partial charge in [-0.15, -0.1) is 0 Å². The van der Waals surface area contributed by atoms with Gasteiger partial charge < -0.3 is 4.90 Å². The van der Waals surface area contributed by atoms with Gasteiger partial charge in [-0.25, -0.2) is 4.98 Å². The van der Waals surface area contributed by atoms with Crippen LogP contribution in [0.4, 0.5) is 5.82 Å². The first-order chi connectivity index (χ1) is 7.16. The Kier molecular flexibility index (Phi) is 3.46. The molecular formula is C10H13BrClN3. The van der Waals surface area contributed by atoms with Gasteiger partial charge >= 0.3 is 0 Å². The maximum Gasteiger partial charge on any atom is 0.224 e. The van der Waals surface area contributed by atoms with Crippen LogP contribution < -0.4 is 4.90 Å². The van der Waals surface area contributed by atoms with Crippen LogP contribution >= 0.6 is 27.5 Å². The maximum absolute atomic E-state index is 5.79. The van der Waals surface area contributed by atoms with Crippen LogP contribution in [0, 0.1) is 5.92 Å². The first-order valence-electron chi connectivity index (χ1n) is 5.10. The molecule has 5 heteroatoms. The molecule has 0 bridgehead atoms. The van der Waals surface area contributed by atoms with Gasteiger partial charge in [0.05, 0.1) is 4.47 Å². The normalized spacial score (nSPS) is 18.2. The molecule has 1 fully saturated rings. The molecule has 82 valence electrons. The lowest BCUT2D eigenvalue weighted by molar-refractivity contribution is 0.436. The van der Waals surface area contributed by atoms with Crippen molar-refractivity contribution in [3.63, 3.8) is 0 Å². The van der Waals surface area contributed by atoms with Gasteiger partial charge in [-0.2, -0.15) is 4.98 Å². The Balaban J connectivity index is 2.18. The van der Waals surface area contributed by atoms with Gasteiger partial charge in [0.1, 0.15) is 5.82 Å². The summed E-state index contributed by atoms with van der Waals surface area (Å²) in [7, 11) is 0. The molecule has 1 aromatic rings. The average molecular weight is 291 g/mol. The predicted octanol–water partition coefficient (Wildman–Crippen LogP) is 3.13. The molecule has 0 aromatic carbocycles. The number of piperidine rings is 1. The van der Waals surface area contributed by atoms with Crippen molar-refractivity contribution in [2.75, 3.05) is 18.0 Å². The highest BCUT2D eigenvalue weighted by atomic mass is 79.9. The lowest BCUT2D eigenvalue weighted by Gasteiger charge is -2.31. The zero-order chi connectivity index (χ0) is 10.8. The second-order valence-electron chi connectivity index (χ2n) is 3.98. The second-order valence-corrected chi connectivity index (χ2v) is 5.17. The van der Waals surface area contributed by atoms with E-state index in [2.05, 4.69) is 37.7 Å². The molecule has 0 unspecified atom stereocenters. The topological polar surface area (TPSA) is 29.0 Å². The van der Waals surface area contributed by atoms with Crippen LogP contribution in [0.15, 0.2) is 10.7 Å². The fraction of sp³-hybridized carbons (Fsp3) is 0.600. The Morgan fingerprint density at radius 3 is 2.80 bits per heavy atom. The van der Waals surface area contributed by atoms with Crippen LogP contribution in [0.1, 0.15) is 19.8 Å². The Bertz CT molecular complexity index is 351. The summed E-state index contributed by atoms with van der Waals surface area (Å²) in [6, 6.07) is 0. The van der Waals surface area contributed by atoms with Crippen LogP contribution in [-0.4, -0.2) is 23.1 Å². The van der Waals surface area contributed by atoms with Crippen molar-refractivity contribution in [3.8, 4) is 0 Å². The number of hydrogen-bond acceptors (Lipinski definition) is 3. The largest absolute Gasteiger partial charge is 0.356 e. The van der Waals surface area contributed by atoms with E-state index in [9.17, 15) is 0 Å². The smallest absolute Gasteiger partial charge is 0.224 e. The minimum Gasteiger partial charge on any atom is -0.356 e. The summed E-state index contributed by atoms with van der Waals surface area (Å²) in [5.74, 6) is 1.74. The van der Waals surface area contributed by atoms with E-state index in [0.717, 1.165) is 29.3 Å². The zero-order valence-electron chi connectivity index (χ0n) is 8.58. The summed E-state index contributed by atoms with van der Waals surface area (Å²) in [6.45, 7) is 4.39. The first kappa shape index (κ1) is 11.1. The van der Waals surface area contributed by atoms with Gasteiger partial charge in [0.25, 0.3) is 0 Å². The Hall–Kier alpha value is -0.350. The molecule has 1 aromatic heterocycles. The number of nitrogens with zero attached hydrogens (tertiary/aromatic N) is 3. The van der Waals surface area contributed by atoms with Crippen molar-refractivity contribution >= 4 is 33.3 Å². The average Bonchev–Trinajstić information content (AvgIpc) is 2.23. The van der Waals surface area contributed by atoms with E-state index >= 15 is 0 Å². The van der Waals surface area contributed by atoms with Crippen LogP contribution in [0.5, 0.6) is 0 Å². The molecule has 0 radical (unpaired) electrons. The maximum atomic E-state index is 5.79. The molecule has 0 saturated carbocycles. The first-order valence-corrected chi connectivity index (χ1v) is 6.27. The molecule has 1 aliphatic rings. The molecule has 2 heterocycles. The van der Waals surface area contributed by atoms with Gasteiger partial charge in [-0.05, 0) is 46.3 Å².